The summed E-state index contributed by atoms with van der Waals surface area (Å²) in [5.41, 5.74) is 0.581. The Labute approximate surface area is 119 Å². The minimum absolute atomic E-state index is 0.00952. The van der Waals surface area contributed by atoms with Crippen LogP contribution in [0.4, 0.5) is 0 Å². The standard InChI is InChI=1S/C14H21NO4S/c1-10(16)12-4-3-5-14(8-12)20(18,19)15-7-6-13(9-15)11(2)17/h3-5,8,10-11,13,16-17H,6-7,9H2,1-2H3. The van der Waals surface area contributed by atoms with Gasteiger partial charge in [0.1, 0.15) is 0 Å². The summed E-state index contributed by atoms with van der Waals surface area (Å²) in [5, 5.41) is 19.1. The van der Waals surface area contributed by atoms with E-state index in [1.54, 1.807) is 26.0 Å². The van der Waals surface area contributed by atoms with Gasteiger partial charge in [-0.2, -0.15) is 4.31 Å². The molecular weight excluding hydrogens is 278 g/mol. The Balaban J connectivity index is 2.25. The number of nitrogens with zero attached hydrogens (tertiary/aromatic N) is 1. The van der Waals surface area contributed by atoms with Crippen molar-refractivity contribution >= 4 is 10.0 Å². The molecule has 1 heterocycles. The van der Waals surface area contributed by atoms with Crippen LogP contribution >= 0.6 is 0 Å². The molecule has 2 N–H and O–H groups in total. The highest BCUT2D eigenvalue weighted by molar-refractivity contribution is 7.89. The molecule has 0 aliphatic carbocycles. The van der Waals surface area contributed by atoms with Crippen LogP contribution in [-0.2, 0) is 10.0 Å². The smallest absolute Gasteiger partial charge is 0.243 e. The van der Waals surface area contributed by atoms with Crippen molar-refractivity contribution in [1.29, 1.82) is 0 Å². The molecular formula is C14H21NO4S. The van der Waals surface area contributed by atoms with Crippen molar-refractivity contribution in [3.63, 3.8) is 0 Å². The first-order valence-corrected chi connectivity index (χ1v) is 8.22. The van der Waals surface area contributed by atoms with Crippen molar-refractivity contribution in [3.05, 3.63) is 29.8 Å². The maximum absolute atomic E-state index is 12.5. The summed E-state index contributed by atoms with van der Waals surface area (Å²) in [6.07, 6.45) is -0.527. The predicted molar refractivity (Wildman–Crippen MR) is 75.6 cm³/mol. The Kier molecular flexibility index (Phi) is 4.49. The first kappa shape index (κ1) is 15.4. The Morgan fingerprint density at radius 3 is 2.55 bits per heavy atom. The van der Waals surface area contributed by atoms with Crippen molar-refractivity contribution in [3.8, 4) is 0 Å². The van der Waals surface area contributed by atoms with Gasteiger partial charge in [-0.25, -0.2) is 8.42 Å². The van der Waals surface area contributed by atoms with E-state index in [2.05, 4.69) is 0 Å². The topological polar surface area (TPSA) is 77.8 Å². The maximum atomic E-state index is 12.5. The summed E-state index contributed by atoms with van der Waals surface area (Å²) < 4.78 is 26.5. The van der Waals surface area contributed by atoms with Gasteiger partial charge in [0.25, 0.3) is 0 Å². The third kappa shape index (κ3) is 3.03. The van der Waals surface area contributed by atoms with E-state index in [0.717, 1.165) is 0 Å². The van der Waals surface area contributed by atoms with Crippen molar-refractivity contribution < 1.29 is 18.6 Å². The van der Waals surface area contributed by atoms with Crippen molar-refractivity contribution in [2.75, 3.05) is 13.1 Å². The largest absolute Gasteiger partial charge is 0.393 e. The summed E-state index contributed by atoms with van der Waals surface area (Å²) in [4.78, 5) is 0.196. The van der Waals surface area contributed by atoms with Crippen LogP contribution in [0.25, 0.3) is 0 Å². The van der Waals surface area contributed by atoms with Gasteiger partial charge in [0.2, 0.25) is 10.0 Å². The van der Waals surface area contributed by atoms with E-state index in [0.29, 0.717) is 25.1 Å². The molecule has 3 atom stereocenters. The minimum Gasteiger partial charge on any atom is -0.393 e. The van der Waals surface area contributed by atoms with Crippen LogP contribution in [0.1, 0.15) is 31.9 Å². The molecule has 0 bridgehead atoms. The van der Waals surface area contributed by atoms with Crippen LogP contribution in [0.5, 0.6) is 0 Å². The lowest BCUT2D eigenvalue weighted by atomic mass is 10.0. The zero-order valence-electron chi connectivity index (χ0n) is 11.7. The molecule has 6 heteroatoms. The molecule has 3 unspecified atom stereocenters. The van der Waals surface area contributed by atoms with Crippen LogP contribution < -0.4 is 0 Å². The van der Waals surface area contributed by atoms with Gasteiger partial charge in [-0.1, -0.05) is 12.1 Å². The fourth-order valence-corrected chi connectivity index (χ4v) is 4.02. The second-order valence-corrected chi connectivity index (χ2v) is 7.34. The van der Waals surface area contributed by atoms with Gasteiger partial charge in [0.15, 0.2) is 0 Å². The third-order valence-electron chi connectivity index (χ3n) is 3.85. The van der Waals surface area contributed by atoms with E-state index in [-0.39, 0.29) is 10.8 Å². The molecule has 1 aliphatic heterocycles. The van der Waals surface area contributed by atoms with Gasteiger partial charge < -0.3 is 10.2 Å². The van der Waals surface area contributed by atoms with E-state index in [1.807, 2.05) is 0 Å². The van der Waals surface area contributed by atoms with E-state index in [9.17, 15) is 18.6 Å². The van der Waals surface area contributed by atoms with Gasteiger partial charge in [0, 0.05) is 13.1 Å². The van der Waals surface area contributed by atoms with Crippen molar-refractivity contribution in [1.82, 2.24) is 4.31 Å². The van der Waals surface area contributed by atoms with Crippen LogP contribution in [0.15, 0.2) is 29.2 Å². The van der Waals surface area contributed by atoms with Crippen molar-refractivity contribution in [2.24, 2.45) is 5.92 Å². The van der Waals surface area contributed by atoms with Crippen LogP contribution in [-0.4, -0.2) is 42.1 Å². The Morgan fingerprint density at radius 1 is 1.30 bits per heavy atom. The predicted octanol–water partition coefficient (Wildman–Crippen LogP) is 1.13. The summed E-state index contributed by atoms with van der Waals surface area (Å²) in [7, 11) is -3.55. The Bertz CT molecular complexity index is 568. The molecule has 0 radical (unpaired) electrons. The molecule has 0 spiro atoms. The summed E-state index contributed by atoms with van der Waals surface area (Å²) in [6.45, 7) is 4.07. The van der Waals surface area contributed by atoms with Gasteiger partial charge in [0.05, 0.1) is 17.1 Å². The highest BCUT2D eigenvalue weighted by atomic mass is 32.2. The first-order chi connectivity index (χ1) is 9.32. The Hall–Kier alpha value is -0.950. The molecule has 1 fully saturated rings. The average molecular weight is 299 g/mol. The Morgan fingerprint density at radius 2 is 2.00 bits per heavy atom. The molecule has 0 aromatic heterocycles. The average Bonchev–Trinajstić information content (AvgIpc) is 2.89. The number of rotatable bonds is 4. The lowest BCUT2D eigenvalue weighted by molar-refractivity contribution is 0.133. The van der Waals surface area contributed by atoms with Crippen LogP contribution in [0.2, 0.25) is 0 Å². The second-order valence-electron chi connectivity index (χ2n) is 5.40. The van der Waals surface area contributed by atoms with E-state index < -0.39 is 22.2 Å². The van der Waals surface area contributed by atoms with E-state index in [4.69, 9.17) is 0 Å². The van der Waals surface area contributed by atoms with Crippen molar-refractivity contribution in [2.45, 2.75) is 37.4 Å². The zero-order chi connectivity index (χ0) is 14.9. The molecule has 20 heavy (non-hydrogen) atoms. The van der Waals surface area contributed by atoms with E-state index >= 15 is 0 Å². The number of aliphatic hydroxyl groups excluding tert-OH is 2. The van der Waals surface area contributed by atoms with Gasteiger partial charge in [-0.05, 0) is 43.9 Å². The second kappa shape index (κ2) is 5.81. The summed E-state index contributed by atoms with van der Waals surface area (Å²) in [5.74, 6) is -0.00952. The van der Waals surface area contributed by atoms with Gasteiger partial charge in [-0.3, -0.25) is 0 Å². The van der Waals surface area contributed by atoms with E-state index in [1.165, 1.54) is 16.4 Å². The number of aliphatic hydroxyl groups is 2. The first-order valence-electron chi connectivity index (χ1n) is 6.78. The summed E-state index contributed by atoms with van der Waals surface area (Å²) in [6, 6.07) is 6.38. The summed E-state index contributed by atoms with van der Waals surface area (Å²) >= 11 is 0. The fourth-order valence-electron chi connectivity index (χ4n) is 2.45. The fraction of sp³-hybridized carbons (Fsp3) is 0.571. The number of benzene rings is 1. The minimum atomic E-state index is -3.55. The molecule has 1 saturated heterocycles. The van der Waals surface area contributed by atoms with Crippen LogP contribution in [0, 0.1) is 5.92 Å². The molecule has 0 saturated carbocycles. The quantitative estimate of drug-likeness (QED) is 0.873. The highest BCUT2D eigenvalue weighted by Crippen LogP contribution is 2.27. The molecule has 2 rings (SSSR count). The molecule has 5 nitrogen and oxygen atoms in total. The SMILES string of the molecule is CC(O)c1cccc(S(=O)(=O)N2CCC(C(C)O)C2)c1. The zero-order valence-corrected chi connectivity index (χ0v) is 12.5. The molecule has 1 aromatic carbocycles. The van der Waals surface area contributed by atoms with Crippen LogP contribution in [0.3, 0.4) is 0 Å². The number of hydrogen-bond acceptors (Lipinski definition) is 4. The number of sulfonamides is 1. The lowest BCUT2D eigenvalue weighted by Crippen LogP contribution is -2.30. The van der Waals surface area contributed by atoms with Gasteiger partial charge in [-0.15, -0.1) is 0 Å². The molecule has 1 aromatic rings. The number of hydrogen-bond donors (Lipinski definition) is 2. The molecule has 112 valence electrons. The highest BCUT2D eigenvalue weighted by Gasteiger charge is 2.34. The monoisotopic (exact) mass is 299 g/mol. The lowest BCUT2D eigenvalue weighted by Gasteiger charge is -2.18. The maximum Gasteiger partial charge on any atom is 0.243 e. The van der Waals surface area contributed by atoms with Gasteiger partial charge >= 0.3 is 0 Å². The molecule has 0 amide bonds. The molecule has 1 aliphatic rings. The third-order valence-corrected chi connectivity index (χ3v) is 5.71. The normalized spacial score (nSPS) is 23.7.